The maximum absolute atomic E-state index is 5.59. The number of methoxy groups -OCH3 is 1. The topological polar surface area (TPSA) is 42.5 Å². The van der Waals surface area contributed by atoms with Crippen molar-refractivity contribution in [3.05, 3.63) is 0 Å². The molecule has 0 aliphatic carbocycles. The van der Waals surface area contributed by atoms with Gasteiger partial charge in [0.05, 0.1) is 0 Å². The van der Waals surface area contributed by atoms with Gasteiger partial charge in [0, 0.05) is 26.8 Å². The quantitative estimate of drug-likeness (QED) is 0.609. The fourth-order valence-corrected chi connectivity index (χ4v) is 1.28. The van der Waals surface area contributed by atoms with E-state index < -0.39 is 0 Å². The van der Waals surface area contributed by atoms with Crippen LogP contribution in [0.25, 0.3) is 0 Å². The standard InChI is InChI=1S/C9H20N2O2/c1-3-4-5-13-9-7-10-8(12-2)6-11-9/h8-11H,3-7H2,1-2H3. The summed E-state index contributed by atoms with van der Waals surface area (Å²) < 4.78 is 10.7. The van der Waals surface area contributed by atoms with Gasteiger partial charge in [-0.3, -0.25) is 10.6 Å². The Labute approximate surface area is 80.0 Å². The fourth-order valence-electron chi connectivity index (χ4n) is 1.28. The molecule has 78 valence electrons. The van der Waals surface area contributed by atoms with Gasteiger partial charge in [-0.1, -0.05) is 13.3 Å². The molecule has 2 unspecified atom stereocenters. The Bertz CT molecular complexity index is 122. The van der Waals surface area contributed by atoms with Crippen molar-refractivity contribution in [1.82, 2.24) is 10.6 Å². The first-order valence-electron chi connectivity index (χ1n) is 4.98. The van der Waals surface area contributed by atoms with Crippen molar-refractivity contribution in [3.8, 4) is 0 Å². The average molecular weight is 188 g/mol. The first-order chi connectivity index (χ1) is 6.36. The van der Waals surface area contributed by atoms with Crippen molar-refractivity contribution in [1.29, 1.82) is 0 Å². The van der Waals surface area contributed by atoms with Crippen LogP contribution in [0.15, 0.2) is 0 Å². The molecule has 0 aromatic rings. The second kappa shape index (κ2) is 6.32. The fraction of sp³-hybridized carbons (Fsp3) is 1.00. The number of unbranched alkanes of at least 4 members (excludes halogenated alkanes) is 1. The third kappa shape index (κ3) is 4.04. The predicted molar refractivity (Wildman–Crippen MR) is 51.5 cm³/mol. The highest BCUT2D eigenvalue weighted by Crippen LogP contribution is 1.97. The molecule has 1 aliphatic heterocycles. The summed E-state index contributed by atoms with van der Waals surface area (Å²) in [6.07, 6.45) is 2.59. The third-order valence-electron chi connectivity index (χ3n) is 2.16. The Balaban J connectivity index is 2.03. The van der Waals surface area contributed by atoms with Crippen molar-refractivity contribution in [2.24, 2.45) is 0 Å². The van der Waals surface area contributed by atoms with E-state index in [1.54, 1.807) is 7.11 Å². The molecule has 1 aliphatic rings. The van der Waals surface area contributed by atoms with Crippen LogP contribution in [0.3, 0.4) is 0 Å². The van der Waals surface area contributed by atoms with Gasteiger partial charge in [0.25, 0.3) is 0 Å². The van der Waals surface area contributed by atoms with Crippen LogP contribution >= 0.6 is 0 Å². The molecule has 0 amide bonds. The molecule has 4 nitrogen and oxygen atoms in total. The number of ether oxygens (including phenoxy) is 2. The van der Waals surface area contributed by atoms with Crippen LogP contribution in [0.4, 0.5) is 0 Å². The normalized spacial score (nSPS) is 29.1. The SMILES string of the molecule is CCCCOC1CNC(OC)CN1. The highest BCUT2D eigenvalue weighted by atomic mass is 16.5. The molecule has 4 heteroatoms. The lowest BCUT2D eigenvalue weighted by Gasteiger charge is -2.30. The molecule has 1 rings (SSSR count). The molecule has 0 spiro atoms. The molecule has 0 radical (unpaired) electrons. The van der Waals surface area contributed by atoms with E-state index in [4.69, 9.17) is 9.47 Å². The molecule has 1 fully saturated rings. The van der Waals surface area contributed by atoms with Gasteiger partial charge >= 0.3 is 0 Å². The van der Waals surface area contributed by atoms with E-state index >= 15 is 0 Å². The summed E-state index contributed by atoms with van der Waals surface area (Å²) in [4.78, 5) is 0. The molecule has 0 aromatic heterocycles. The molecule has 0 saturated carbocycles. The van der Waals surface area contributed by atoms with Gasteiger partial charge in [0.15, 0.2) is 0 Å². The maximum atomic E-state index is 5.59. The van der Waals surface area contributed by atoms with E-state index in [0.29, 0.717) is 0 Å². The number of hydrogen-bond acceptors (Lipinski definition) is 4. The van der Waals surface area contributed by atoms with Crippen molar-refractivity contribution in [2.75, 3.05) is 26.8 Å². The smallest absolute Gasteiger partial charge is 0.120 e. The van der Waals surface area contributed by atoms with Crippen molar-refractivity contribution in [3.63, 3.8) is 0 Å². The number of nitrogens with one attached hydrogen (secondary N) is 2. The highest BCUT2D eigenvalue weighted by Gasteiger charge is 2.18. The summed E-state index contributed by atoms with van der Waals surface area (Å²) in [5.74, 6) is 0. The Morgan fingerprint density at radius 2 is 1.92 bits per heavy atom. The van der Waals surface area contributed by atoms with E-state index in [0.717, 1.165) is 26.1 Å². The largest absolute Gasteiger partial charge is 0.365 e. The summed E-state index contributed by atoms with van der Waals surface area (Å²) in [7, 11) is 1.71. The van der Waals surface area contributed by atoms with E-state index in [-0.39, 0.29) is 12.5 Å². The first-order valence-corrected chi connectivity index (χ1v) is 4.98. The van der Waals surface area contributed by atoms with Crippen LogP contribution in [0, 0.1) is 0 Å². The Morgan fingerprint density at radius 1 is 1.23 bits per heavy atom. The average Bonchev–Trinajstić information content (AvgIpc) is 2.19. The van der Waals surface area contributed by atoms with Crippen LogP contribution in [0.5, 0.6) is 0 Å². The van der Waals surface area contributed by atoms with Crippen molar-refractivity contribution < 1.29 is 9.47 Å². The number of hydrogen-bond donors (Lipinski definition) is 2. The third-order valence-corrected chi connectivity index (χ3v) is 2.16. The zero-order valence-corrected chi connectivity index (χ0v) is 8.51. The van der Waals surface area contributed by atoms with E-state index in [1.807, 2.05) is 0 Å². The van der Waals surface area contributed by atoms with Crippen molar-refractivity contribution >= 4 is 0 Å². The highest BCUT2D eigenvalue weighted by molar-refractivity contribution is 4.71. The molecule has 0 aromatic carbocycles. The van der Waals surface area contributed by atoms with Crippen LogP contribution in [-0.4, -0.2) is 39.3 Å². The zero-order chi connectivity index (χ0) is 9.52. The zero-order valence-electron chi connectivity index (χ0n) is 8.51. The monoisotopic (exact) mass is 188 g/mol. The minimum absolute atomic E-state index is 0.131. The molecular formula is C9H20N2O2. The minimum Gasteiger partial charge on any atom is -0.365 e. The predicted octanol–water partition coefficient (Wildman–Crippen LogP) is 0.295. The van der Waals surface area contributed by atoms with Crippen LogP contribution in [0.1, 0.15) is 19.8 Å². The molecule has 1 heterocycles. The van der Waals surface area contributed by atoms with Gasteiger partial charge in [-0.05, 0) is 6.42 Å². The Hall–Kier alpha value is -0.160. The molecule has 13 heavy (non-hydrogen) atoms. The summed E-state index contributed by atoms with van der Waals surface area (Å²) >= 11 is 0. The van der Waals surface area contributed by atoms with Crippen LogP contribution < -0.4 is 10.6 Å². The summed E-state index contributed by atoms with van der Waals surface area (Å²) in [6.45, 7) is 4.64. The lowest BCUT2D eigenvalue weighted by molar-refractivity contribution is -0.0301. The van der Waals surface area contributed by atoms with E-state index in [1.165, 1.54) is 6.42 Å². The molecule has 0 bridgehead atoms. The van der Waals surface area contributed by atoms with E-state index in [9.17, 15) is 0 Å². The van der Waals surface area contributed by atoms with Crippen LogP contribution in [0.2, 0.25) is 0 Å². The van der Waals surface area contributed by atoms with Gasteiger partial charge in [-0.2, -0.15) is 0 Å². The van der Waals surface area contributed by atoms with Gasteiger partial charge in [-0.25, -0.2) is 0 Å². The molecule has 2 atom stereocenters. The van der Waals surface area contributed by atoms with E-state index in [2.05, 4.69) is 17.6 Å². The Morgan fingerprint density at radius 3 is 2.46 bits per heavy atom. The molecule has 1 saturated heterocycles. The van der Waals surface area contributed by atoms with Gasteiger partial charge in [0.2, 0.25) is 0 Å². The summed E-state index contributed by atoms with van der Waals surface area (Å²) in [5.41, 5.74) is 0. The van der Waals surface area contributed by atoms with Crippen LogP contribution in [-0.2, 0) is 9.47 Å². The van der Waals surface area contributed by atoms with Gasteiger partial charge in [-0.15, -0.1) is 0 Å². The number of rotatable bonds is 5. The summed E-state index contributed by atoms with van der Waals surface area (Å²) in [5, 5.41) is 6.51. The molecular weight excluding hydrogens is 168 g/mol. The van der Waals surface area contributed by atoms with Gasteiger partial charge in [0.1, 0.15) is 12.5 Å². The maximum Gasteiger partial charge on any atom is 0.120 e. The molecule has 2 N–H and O–H groups in total. The number of piperazine rings is 1. The lowest BCUT2D eigenvalue weighted by Crippen LogP contribution is -2.55. The minimum atomic E-state index is 0.131. The van der Waals surface area contributed by atoms with Gasteiger partial charge < -0.3 is 9.47 Å². The summed E-state index contributed by atoms with van der Waals surface area (Å²) in [6, 6.07) is 0. The second-order valence-corrected chi connectivity index (χ2v) is 3.25. The second-order valence-electron chi connectivity index (χ2n) is 3.25. The van der Waals surface area contributed by atoms with Crippen molar-refractivity contribution in [2.45, 2.75) is 32.2 Å². The lowest BCUT2D eigenvalue weighted by atomic mass is 10.3. The first kappa shape index (κ1) is 10.9. The Kier molecular flexibility index (Phi) is 5.31.